The van der Waals surface area contributed by atoms with Crippen molar-refractivity contribution in [2.24, 2.45) is 5.41 Å². The summed E-state index contributed by atoms with van der Waals surface area (Å²) in [5, 5.41) is 8.98. The number of anilines is 1. The Bertz CT molecular complexity index is 565. The molecule has 4 N–H and O–H groups in total. The van der Waals surface area contributed by atoms with E-state index in [0.717, 1.165) is 12.8 Å². The third-order valence-electron chi connectivity index (χ3n) is 3.74. The number of aryl methyl sites for hydroxylation is 1. The number of sulfonamides is 1. The zero-order valence-corrected chi connectivity index (χ0v) is 11.8. The van der Waals surface area contributed by atoms with Gasteiger partial charge in [-0.3, -0.25) is 0 Å². The van der Waals surface area contributed by atoms with E-state index in [9.17, 15) is 8.42 Å². The number of aliphatic hydroxyl groups is 1. The van der Waals surface area contributed by atoms with Crippen molar-refractivity contribution in [2.45, 2.75) is 31.1 Å². The maximum Gasteiger partial charge on any atom is 0.240 e. The minimum absolute atomic E-state index is 0.0456. The minimum atomic E-state index is -3.54. The number of benzene rings is 1. The summed E-state index contributed by atoms with van der Waals surface area (Å²) in [4.78, 5) is 0.229. The number of rotatable bonds is 6. The molecule has 6 heteroatoms. The van der Waals surface area contributed by atoms with Gasteiger partial charge in [-0.2, -0.15) is 0 Å². The molecule has 0 atom stereocenters. The molecule has 1 aromatic carbocycles. The quantitative estimate of drug-likeness (QED) is 0.680. The summed E-state index contributed by atoms with van der Waals surface area (Å²) < 4.78 is 27.1. The van der Waals surface area contributed by atoms with Gasteiger partial charge in [-0.15, -0.1) is 0 Å². The van der Waals surface area contributed by atoms with E-state index >= 15 is 0 Å². The minimum Gasteiger partial charge on any atom is -0.399 e. The molecule has 0 aromatic heterocycles. The average Bonchev–Trinajstić information content (AvgIpc) is 3.11. The molecule has 0 spiro atoms. The molecule has 1 saturated carbocycles. The number of hydrogen-bond donors (Lipinski definition) is 3. The van der Waals surface area contributed by atoms with Gasteiger partial charge >= 0.3 is 0 Å². The first-order valence-electron chi connectivity index (χ1n) is 6.35. The molecular formula is C13H20N2O3S. The first kappa shape index (κ1) is 14.3. The molecule has 0 saturated heterocycles. The van der Waals surface area contributed by atoms with E-state index in [1.54, 1.807) is 19.1 Å². The molecular weight excluding hydrogens is 264 g/mol. The van der Waals surface area contributed by atoms with Gasteiger partial charge in [0.15, 0.2) is 0 Å². The SMILES string of the molecule is Cc1ccc(N)cc1S(=O)(=O)NCC1(CCO)CC1. The summed E-state index contributed by atoms with van der Waals surface area (Å²) in [6, 6.07) is 4.86. The number of hydrogen-bond acceptors (Lipinski definition) is 4. The molecule has 0 unspecified atom stereocenters. The first-order chi connectivity index (χ1) is 8.88. The lowest BCUT2D eigenvalue weighted by Gasteiger charge is -2.16. The van der Waals surface area contributed by atoms with Crippen LogP contribution in [-0.2, 0) is 10.0 Å². The summed E-state index contributed by atoms with van der Waals surface area (Å²) in [5.74, 6) is 0. The molecule has 106 valence electrons. The van der Waals surface area contributed by atoms with E-state index in [1.807, 2.05) is 0 Å². The van der Waals surface area contributed by atoms with Gasteiger partial charge in [0.2, 0.25) is 10.0 Å². The van der Waals surface area contributed by atoms with Crippen molar-refractivity contribution in [3.8, 4) is 0 Å². The third-order valence-corrected chi connectivity index (χ3v) is 5.28. The Morgan fingerprint density at radius 3 is 2.68 bits per heavy atom. The molecule has 1 aliphatic carbocycles. The van der Waals surface area contributed by atoms with Gasteiger partial charge in [-0.25, -0.2) is 13.1 Å². The molecule has 0 amide bonds. The molecule has 0 bridgehead atoms. The highest BCUT2D eigenvalue weighted by molar-refractivity contribution is 7.89. The molecule has 0 heterocycles. The third kappa shape index (κ3) is 3.26. The summed E-state index contributed by atoms with van der Waals surface area (Å²) in [6.45, 7) is 2.22. The van der Waals surface area contributed by atoms with Gasteiger partial charge < -0.3 is 10.8 Å². The number of nitrogen functional groups attached to an aromatic ring is 1. The van der Waals surface area contributed by atoms with E-state index in [2.05, 4.69) is 4.72 Å². The summed E-state index contributed by atoms with van der Waals surface area (Å²) in [6.07, 6.45) is 2.57. The van der Waals surface area contributed by atoms with Crippen LogP contribution in [-0.4, -0.2) is 26.7 Å². The topological polar surface area (TPSA) is 92.4 Å². The Morgan fingerprint density at radius 2 is 2.11 bits per heavy atom. The van der Waals surface area contributed by atoms with Crippen LogP contribution in [0, 0.1) is 12.3 Å². The summed E-state index contributed by atoms with van der Waals surface area (Å²) >= 11 is 0. The van der Waals surface area contributed by atoms with Gasteiger partial charge in [0.1, 0.15) is 0 Å². The predicted molar refractivity (Wildman–Crippen MR) is 74.1 cm³/mol. The molecule has 1 aliphatic rings. The lowest BCUT2D eigenvalue weighted by molar-refractivity contribution is 0.249. The van der Waals surface area contributed by atoms with Gasteiger partial charge in [0.05, 0.1) is 4.90 Å². The zero-order chi connectivity index (χ0) is 14.1. The maximum atomic E-state index is 12.3. The fraction of sp³-hybridized carbons (Fsp3) is 0.538. The van der Waals surface area contributed by atoms with Crippen LogP contribution < -0.4 is 10.5 Å². The van der Waals surface area contributed by atoms with Crippen LogP contribution >= 0.6 is 0 Å². The molecule has 2 rings (SSSR count). The van der Waals surface area contributed by atoms with Crippen LogP contribution in [0.15, 0.2) is 23.1 Å². The van der Waals surface area contributed by atoms with Crippen LogP contribution in [0.1, 0.15) is 24.8 Å². The van der Waals surface area contributed by atoms with Crippen LogP contribution in [0.3, 0.4) is 0 Å². The maximum absolute atomic E-state index is 12.3. The average molecular weight is 284 g/mol. The molecule has 1 aromatic rings. The van der Waals surface area contributed by atoms with Gasteiger partial charge in [0, 0.05) is 18.8 Å². The lowest BCUT2D eigenvalue weighted by atomic mass is 10.0. The van der Waals surface area contributed by atoms with E-state index < -0.39 is 10.0 Å². The fourth-order valence-corrected chi connectivity index (χ4v) is 3.60. The Labute approximate surface area is 113 Å². The Kier molecular flexibility index (Phi) is 3.85. The summed E-state index contributed by atoms with van der Waals surface area (Å²) in [5.41, 5.74) is 6.70. The van der Waals surface area contributed by atoms with Gasteiger partial charge in [-0.1, -0.05) is 6.07 Å². The molecule has 0 aliphatic heterocycles. The standard InChI is InChI=1S/C13H20N2O3S/c1-10-2-3-11(14)8-12(10)19(17,18)15-9-13(4-5-13)6-7-16/h2-3,8,15-16H,4-7,9,14H2,1H3. The predicted octanol–water partition coefficient (Wildman–Crippen LogP) is 1.02. The van der Waals surface area contributed by atoms with E-state index in [0.29, 0.717) is 24.2 Å². The van der Waals surface area contributed by atoms with E-state index in [4.69, 9.17) is 10.8 Å². The van der Waals surface area contributed by atoms with Crippen LogP contribution in [0.2, 0.25) is 0 Å². The number of nitrogens with two attached hydrogens (primary N) is 1. The number of aliphatic hydroxyl groups excluding tert-OH is 1. The smallest absolute Gasteiger partial charge is 0.240 e. The lowest BCUT2D eigenvalue weighted by Crippen LogP contribution is -2.31. The van der Waals surface area contributed by atoms with Crippen molar-refractivity contribution in [3.05, 3.63) is 23.8 Å². The zero-order valence-electron chi connectivity index (χ0n) is 11.0. The van der Waals surface area contributed by atoms with Crippen molar-refractivity contribution in [1.82, 2.24) is 4.72 Å². The van der Waals surface area contributed by atoms with Crippen molar-refractivity contribution < 1.29 is 13.5 Å². The van der Waals surface area contributed by atoms with Crippen molar-refractivity contribution in [1.29, 1.82) is 0 Å². The summed E-state index contributed by atoms with van der Waals surface area (Å²) in [7, 11) is -3.54. The first-order valence-corrected chi connectivity index (χ1v) is 7.84. The van der Waals surface area contributed by atoms with E-state index in [1.165, 1.54) is 6.07 Å². The van der Waals surface area contributed by atoms with Crippen molar-refractivity contribution in [3.63, 3.8) is 0 Å². The van der Waals surface area contributed by atoms with Crippen molar-refractivity contribution in [2.75, 3.05) is 18.9 Å². The molecule has 5 nitrogen and oxygen atoms in total. The molecule has 0 radical (unpaired) electrons. The van der Waals surface area contributed by atoms with Crippen LogP contribution in [0.25, 0.3) is 0 Å². The normalized spacial score (nSPS) is 17.4. The Balaban J connectivity index is 2.12. The second kappa shape index (κ2) is 5.11. The van der Waals surface area contributed by atoms with Crippen LogP contribution in [0.5, 0.6) is 0 Å². The second-order valence-corrected chi connectivity index (χ2v) is 7.06. The van der Waals surface area contributed by atoms with Crippen LogP contribution in [0.4, 0.5) is 5.69 Å². The van der Waals surface area contributed by atoms with Gasteiger partial charge in [0.25, 0.3) is 0 Å². The highest BCUT2D eigenvalue weighted by atomic mass is 32.2. The highest BCUT2D eigenvalue weighted by Gasteiger charge is 2.42. The highest BCUT2D eigenvalue weighted by Crippen LogP contribution is 2.48. The van der Waals surface area contributed by atoms with E-state index in [-0.39, 0.29) is 16.9 Å². The Morgan fingerprint density at radius 1 is 1.42 bits per heavy atom. The monoisotopic (exact) mass is 284 g/mol. The molecule has 19 heavy (non-hydrogen) atoms. The second-order valence-electron chi connectivity index (χ2n) is 5.32. The largest absolute Gasteiger partial charge is 0.399 e. The fourth-order valence-electron chi connectivity index (χ4n) is 2.16. The Hall–Kier alpha value is -1.11. The van der Waals surface area contributed by atoms with Crippen molar-refractivity contribution >= 4 is 15.7 Å². The molecule has 1 fully saturated rings. The number of nitrogens with one attached hydrogen (secondary N) is 1. The van der Waals surface area contributed by atoms with Gasteiger partial charge in [-0.05, 0) is 49.3 Å².